The van der Waals surface area contributed by atoms with Crippen molar-refractivity contribution in [3.8, 4) is 0 Å². The second-order valence-corrected chi connectivity index (χ2v) is 4.09. The third kappa shape index (κ3) is 1.57. The topological polar surface area (TPSA) is 21.3 Å². The molecule has 2 fully saturated rings. The highest BCUT2D eigenvalue weighted by Crippen LogP contribution is 2.47. The SMILES string of the molecule is CC(C)NCC1OCC2CC21. The molecule has 1 aliphatic carbocycles. The van der Waals surface area contributed by atoms with E-state index in [1.165, 1.54) is 6.42 Å². The minimum absolute atomic E-state index is 0.530. The van der Waals surface area contributed by atoms with Gasteiger partial charge in [-0.05, 0) is 18.3 Å². The van der Waals surface area contributed by atoms with Crippen molar-refractivity contribution >= 4 is 0 Å². The highest BCUT2D eigenvalue weighted by Gasteiger charge is 2.48. The van der Waals surface area contributed by atoms with Gasteiger partial charge in [-0.25, -0.2) is 0 Å². The highest BCUT2D eigenvalue weighted by atomic mass is 16.5. The zero-order valence-corrected chi connectivity index (χ0v) is 7.34. The zero-order valence-electron chi connectivity index (χ0n) is 7.34. The van der Waals surface area contributed by atoms with Crippen molar-refractivity contribution in [2.75, 3.05) is 13.2 Å². The average molecular weight is 155 g/mol. The zero-order chi connectivity index (χ0) is 7.84. The van der Waals surface area contributed by atoms with Crippen molar-refractivity contribution in [1.82, 2.24) is 5.32 Å². The number of hydrogen-bond donors (Lipinski definition) is 1. The summed E-state index contributed by atoms with van der Waals surface area (Å²) in [7, 11) is 0. The van der Waals surface area contributed by atoms with Gasteiger partial charge in [0.25, 0.3) is 0 Å². The van der Waals surface area contributed by atoms with Crippen LogP contribution in [0.15, 0.2) is 0 Å². The van der Waals surface area contributed by atoms with Gasteiger partial charge in [-0.1, -0.05) is 13.8 Å². The first-order valence-corrected chi connectivity index (χ1v) is 4.62. The van der Waals surface area contributed by atoms with E-state index in [0.717, 1.165) is 25.0 Å². The lowest BCUT2D eigenvalue weighted by molar-refractivity contribution is 0.0778. The minimum atomic E-state index is 0.530. The monoisotopic (exact) mass is 155 g/mol. The van der Waals surface area contributed by atoms with E-state index in [2.05, 4.69) is 19.2 Å². The maximum Gasteiger partial charge on any atom is 0.0731 e. The summed E-state index contributed by atoms with van der Waals surface area (Å²) < 4.78 is 5.60. The smallest absolute Gasteiger partial charge is 0.0731 e. The largest absolute Gasteiger partial charge is 0.376 e. The summed E-state index contributed by atoms with van der Waals surface area (Å²) >= 11 is 0. The van der Waals surface area contributed by atoms with Crippen molar-refractivity contribution in [2.45, 2.75) is 32.4 Å². The van der Waals surface area contributed by atoms with Gasteiger partial charge in [0.05, 0.1) is 12.7 Å². The van der Waals surface area contributed by atoms with Crippen LogP contribution < -0.4 is 5.32 Å². The molecule has 2 rings (SSSR count). The molecule has 0 aromatic heterocycles. The van der Waals surface area contributed by atoms with Gasteiger partial charge in [-0.3, -0.25) is 0 Å². The Hall–Kier alpha value is -0.0800. The van der Waals surface area contributed by atoms with E-state index < -0.39 is 0 Å². The predicted octanol–water partition coefficient (Wildman–Crippen LogP) is 1.02. The lowest BCUT2D eigenvalue weighted by Gasteiger charge is -2.15. The first-order valence-electron chi connectivity index (χ1n) is 4.62. The number of nitrogens with one attached hydrogen (secondary N) is 1. The van der Waals surface area contributed by atoms with Crippen molar-refractivity contribution < 1.29 is 4.74 Å². The summed E-state index contributed by atoms with van der Waals surface area (Å²) in [6.07, 6.45) is 1.95. The number of hydrogen-bond acceptors (Lipinski definition) is 2. The van der Waals surface area contributed by atoms with Gasteiger partial charge in [0.1, 0.15) is 0 Å². The number of fused-ring (bicyclic) bond motifs is 1. The van der Waals surface area contributed by atoms with Gasteiger partial charge >= 0.3 is 0 Å². The maximum atomic E-state index is 5.60. The molecule has 1 saturated carbocycles. The van der Waals surface area contributed by atoms with E-state index in [4.69, 9.17) is 4.74 Å². The number of ether oxygens (including phenoxy) is 1. The molecule has 2 aliphatic rings. The molecular weight excluding hydrogens is 138 g/mol. The molecular formula is C9H17NO. The molecule has 0 bridgehead atoms. The van der Waals surface area contributed by atoms with Crippen LogP contribution in [-0.2, 0) is 4.74 Å². The van der Waals surface area contributed by atoms with Crippen molar-refractivity contribution in [2.24, 2.45) is 11.8 Å². The highest BCUT2D eigenvalue weighted by molar-refractivity contribution is 4.97. The van der Waals surface area contributed by atoms with Crippen molar-refractivity contribution in [1.29, 1.82) is 0 Å². The second kappa shape index (κ2) is 2.76. The van der Waals surface area contributed by atoms with Crippen LogP contribution in [0.5, 0.6) is 0 Å². The summed E-state index contributed by atoms with van der Waals surface area (Å²) in [6.45, 7) is 6.44. The Balaban J connectivity index is 1.70. The van der Waals surface area contributed by atoms with Crippen molar-refractivity contribution in [3.63, 3.8) is 0 Å². The van der Waals surface area contributed by atoms with Gasteiger partial charge in [0.15, 0.2) is 0 Å². The first kappa shape index (κ1) is 7.56. The van der Waals surface area contributed by atoms with Gasteiger partial charge in [0.2, 0.25) is 0 Å². The Morgan fingerprint density at radius 3 is 2.82 bits per heavy atom. The maximum absolute atomic E-state index is 5.60. The van der Waals surface area contributed by atoms with E-state index in [1.807, 2.05) is 0 Å². The Labute approximate surface area is 68.3 Å². The van der Waals surface area contributed by atoms with E-state index in [-0.39, 0.29) is 0 Å². The summed E-state index contributed by atoms with van der Waals surface area (Å²) in [5.74, 6) is 1.83. The molecule has 64 valence electrons. The number of rotatable bonds is 3. The lowest BCUT2D eigenvalue weighted by Crippen LogP contribution is -2.33. The average Bonchev–Trinajstić information content (AvgIpc) is 2.62. The Morgan fingerprint density at radius 2 is 2.36 bits per heavy atom. The molecule has 0 aromatic carbocycles. The van der Waals surface area contributed by atoms with E-state index in [1.54, 1.807) is 0 Å². The van der Waals surface area contributed by atoms with Crippen LogP contribution in [0, 0.1) is 11.8 Å². The molecule has 3 unspecified atom stereocenters. The lowest BCUT2D eigenvalue weighted by atomic mass is 10.2. The van der Waals surface area contributed by atoms with Crippen LogP contribution in [0.4, 0.5) is 0 Å². The van der Waals surface area contributed by atoms with Crippen molar-refractivity contribution in [3.05, 3.63) is 0 Å². The standard InChI is InChI=1S/C9H17NO/c1-6(2)10-4-9-8-3-7(8)5-11-9/h6-10H,3-5H2,1-2H3. The Morgan fingerprint density at radius 1 is 1.55 bits per heavy atom. The molecule has 0 spiro atoms. The van der Waals surface area contributed by atoms with E-state index in [0.29, 0.717) is 12.1 Å². The molecule has 1 heterocycles. The van der Waals surface area contributed by atoms with Crippen LogP contribution in [0.2, 0.25) is 0 Å². The van der Waals surface area contributed by atoms with Crippen LogP contribution in [0.1, 0.15) is 20.3 Å². The first-order chi connectivity index (χ1) is 5.27. The van der Waals surface area contributed by atoms with E-state index in [9.17, 15) is 0 Å². The predicted molar refractivity (Wildman–Crippen MR) is 44.5 cm³/mol. The molecule has 1 aliphatic heterocycles. The minimum Gasteiger partial charge on any atom is -0.376 e. The molecule has 3 atom stereocenters. The van der Waals surface area contributed by atoms with Crippen LogP contribution in [0.3, 0.4) is 0 Å². The Bertz CT molecular complexity index is 146. The quantitative estimate of drug-likeness (QED) is 0.657. The fourth-order valence-electron chi connectivity index (χ4n) is 1.85. The molecule has 2 heteroatoms. The van der Waals surface area contributed by atoms with Crippen LogP contribution in [-0.4, -0.2) is 25.3 Å². The summed E-state index contributed by atoms with van der Waals surface area (Å²) in [6, 6.07) is 0.594. The summed E-state index contributed by atoms with van der Waals surface area (Å²) in [5.41, 5.74) is 0. The van der Waals surface area contributed by atoms with Crippen LogP contribution in [0.25, 0.3) is 0 Å². The fraction of sp³-hybridized carbons (Fsp3) is 1.00. The van der Waals surface area contributed by atoms with Gasteiger partial charge in [0, 0.05) is 12.6 Å². The van der Waals surface area contributed by atoms with Gasteiger partial charge in [-0.15, -0.1) is 0 Å². The summed E-state index contributed by atoms with van der Waals surface area (Å²) in [5, 5.41) is 3.42. The second-order valence-electron chi connectivity index (χ2n) is 4.09. The molecule has 0 amide bonds. The molecule has 1 N–H and O–H groups in total. The summed E-state index contributed by atoms with van der Waals surface area (Å²) in [4.78, 5) is 0. The third-order valence-electron chi connectivity index (χ3n) is 2.71. The van der Waals surface area contributed by atoms with Crippen LogP contribution >= 0.6 is 0 Å². The molecule has 1 saturated heterocycles. The molecule has 0 radical (unpaired) electrons. The normalized spacial score (nSPS) is 41.2. The van der Waals surface area contributed by atoms with E-state index >= 15 is 0 Å². The fourth-order valence-corrected chi connectivity index (χ4v) is 1.85. The third-order valence-corrected chi connectivity index (χ3v) is 2.71. The Kier molecular flexibility index (Phi) is 1.90. The molecule has 0 aromatic rings. The van der Waals surface area contributed by atoms with Gasteiger partial charge in [-0.2, -0.15) is 0 Å². The van der Waals surface area contributed by atoms with Gasteiger partial charge < -0.3 is 10.1 Å². The molecule has 11 heavy (non-hydrogen) atoms. The molecule has 2 nitrogen and oxygen atoms in total.